The molecule has 0 spiro atoms. The van der Waals surface area contributed by atoms with Gasteiger partial charge in [-0.15, -0.1) is 0 Å². The molecule has 19 heavy (non-hydrogen) atoms. The van der Waals surface area contributed by atoms with E-state index in [-0.39, 0.29) is 5.97 Å². The molecule has 0 aliphatic carbocycles. The molecule has 2 heteroatoms. The summed E-state index contributed by atoms with van der Waals surface area (Å²) in [5.74, 6) is -0.153. The molecule has 1 aliphatic heterocycles. The summed E-state index contributed by atoms with van der Waals surface area (Å²) < 4.78 is 5.08. The Labute approximate surface area is 113 Å². The van der Waals surface area contributed by atoms with Gasteiger partial charge in [0, 0.05) is 0 Å². The van der Waals surface area contributed by atoms with Gasteiger partial charge in [-0.3, -0.25) is 4.79 Å². The maximum atomic E-state index is 12.1. The number of rotatable bonds is 2. The third-order valence-corrected chi connectivity index (χ3v) is 3.86. The molecule has 3 rings (SSSR count). The second kappa shape index (κ2) is 4.23. The minimum absolute atomic E-state index is 0.153. The average molecular weight is 252 g/mol. The molecule has 0 aromatic heterocycles. The molecule has 1 saturated heterocycles. The molecule has 0 bridgehead atoms. The van der Waals surface area contributed by atoms with Crippen LogP contribution in [0.5, 0.6) is 0 Å². The van der Waals surface area contributed by atoms with Crippen LogP contribution >= 0.6 is 0 Å². The summed E-state index contributed by atoms with van der Waals surface area (Å²) in [6.45, 7) is 4.51. The van der Waals surface area contributed by atoms with Crippen molar-refractivity contribution in [2.45, 2.75) is 19.3 Å². The van der Waals surface area contributed by atoms with Crippen LogP contribution in [0, 0.1) is 13.8 Å². The van der Waals surface area contributed by atoms with Crippen molar-refractivity contribution in [1.82, 2.24) is 0 Å². The lowest BCUT2D eigenvalue weighted by molar-refractivity contribution is -0.169. The molecule has 0 unspecified atom stereocenters. The molecule has 1 fully saturated rings. The van der Waals surface area contributed by atoms with Gasteiger partial charge in [0.1, 0.15) is 6.61 Å². The minimum atomic E-state index is -0.610. The van der Waals surface area contributed by atoms with Crippen LogP contribution in [0.4, 0.5) is 0 Å². The Hall–Kier alpha value is -2.09. The fourth-order valence-corrected chi connectivity index (χ4v) is 2.52. The highest BCUT2D eigenvalue weighted by Gasteiger charge is 2.52. The second-order valence-electron chi connectivity index (χ2n) is 5.21. The molecule has 2 aromatic carbocycles. The van der Waals surface area contributed by atoms with Crippen molar-refractivity contribution < 1.29 is 9.53 Å². The molecule has 0 saturated carbocycles. The second-order valence-corrected chi connectivity index (χ2v) is 5.21. The molecule has 0 atom stereocenters. The quantitative estimate of drug-likeness (QED) is 0.767. The van der Waals surface area contributed by atoms with Gasteiger partial charge in [-0.1, -0.05) is 59.7 Å². The third kappa shape index (κ3) is 1.75. The summed E-state index contributed by atoms with van der Waals surface area (Å²) in [5, 5.41) is 0. The van der Waals surface area contributed by atoms with Gasteiger partial charge in [-0.25, -0.2) is 0 Å². The number of carbonyl (C=O) groups excluding carboxylic acids is 1. The number of cyclic esters (lactones) is 1. The lowest BCUT2D eigenvalue weighted by Gasteiger charge is -2.40. The first kappa shape index (κ1) is 12.0. The van der Waals surface area contributed by atoms with Crippen molar-refractivity contribution in [3.8, 4) is 0 Å². The summed E-state index contributed by atoms with van der Waals surface area (Å²) in [6, 6.07) is 16.2. The highest BCUT2D eigenvalue weighted by Crippen LogP contribution is 2.40. The SMILES string of the molecule is Cc1ccc(C2(c3ccc(C)cc3)COC2=O)cc1. The van der Waals surface area contributed by atoms with Crippen molar-refractivity contribution in [3.05, 3.63) is 70.8 Å². The molecule has 0 radical (unpaired) electrons. The summed E-state index contributed by atoms with van der Waals surface area (Å²) in [5.41, 5.74) is 3.80. The smallest absolute Gasteiger partial charge is 0.324 e. The highest BCUT2D eigenvalue weighted by molar-refractivity contribution is 5.92. The predicted octanol–water partition coefficient (Wildman–Crippen LogP) is 3.15. The molecule has 1 heterocycles. The molecular weight excluding hydrogens is 236 g/mol. The number of carbonyl (C=O) groups is 1. The Morgan fingerprint density at radius 2 is 1.26 bits per heavy atom. The topological polar surface area (TPSA) is 26.3 Å². The van der Waals surface area contributed by atoms with Gasteiger partial charge in [-0.2, -0.15) is 0 Å². The van der Waals surface area contributed by atoms with Gasteiger partial charge in [-0.05, 0) is 25.0 Å². The van der Waals surface area contributed by atoms with Crippen molar-refractivity contribution in [2.24, 2.45) is 0 Å². The molecule has 96 valence electrons. The Bertz CT molecular complexity index is 563. The van der Waals surface area contributed by atoms with E-state index in [0.29, 0.717) is 6.61 Å². The van der Waals surface area contributed by atoms with Crippen molar-refractivity contribution >= 4 is 5.97 Å². The Balaban J connectivity index is 2.12. The van der Waals surface area contributed by atoms with Crippen LogP contribution in [-0.2, 0) is 14.9 Å². The molecule has 2 nitrogen and oxygen atoms in total. The Morgan fingerprint density at radius 3 is 1.53 bits per heavy atom. The predicted molar refractivity (Wildman–Crippen MR) is 74.1 cm³/mol. The van der Waals surface area contributed by atoms with Crippen LogP contribution in [0.25, 0.3) is 0 Å². The van der Waals surface area contributed by atoms with Crippen LogP contribution in [-0.4, -0.2) is 12.6 Å². The first-order valence-electron chi connectivity index (χ1n) is 6.44. The lowest BCUT2D eigenvalue weighted by atomic mass is 9.72. The maximum Gasteiger partial charge on any atom is 0.324 e. The van der Waals surface area contributed by atoms with Crippen molar-refractivity contribution in [3.63, 3.8) is 0 Å². The number of aryl methyl sites for hydroxylation is 2. The number of benzene rings is 2. The summed E-state index contributed by atoms with van der Waals surface area (Å²) >= 11 is 0. The number of ether oxygens (including phenoxy) is 1. The Kier molecular flexibility index (Phi) is 2.67. The van der Waals surface area contributed by atoms with E-state index in [4.69, 9.17) is 4.74 Å². The largest absolute Gasteiger partial charge is 0.463 e. The molecule has 1 aliphatic rings. The van der Waals surface area contributed by atoms with Crippen LogP contribution < -0.4 is 0 Å². The molecule has 2 aromatic rings. The highest BCUT2D eigenvalue weighted by atomic mass is 16.6. The zero-order valence-electron chi connectivity index (χ0n) is 11.1. The molecule has 0 N–H and O–H groups in total. The van der Waals surface area contributed by atoms with Gasteiger partial charge in [0.2, 0.25) is 0 Å². The standard InChI is InChI=1S/C17H16O2/c1-12-3-7-14(8-4-12)17(11-19-16(17)18)15-9-5-13(2)6-10-15/h3-10H,11H2,1-2H3. The van der Waals surface area contributed by atoms with Gasteiger partial charge < -0.3 is 4.74 Å². The van der Waals surface area contributed by atoms with E-state index in [1.165, 1.54) is 11.1 Å². The lowest BCUT2D eigenvalue weighted by Crippen LogP contribution is -2.52. The van der Waals surface area contributed by atoms with E-state index < -0.39 is 5.41 Å². The zero-order chi connectivity index (χ0) is 13.5. The summed E-state index contributed by atoms with van der Waals surface area (Å²) in [4.78, 5) is 12.1. The van der Waals surface area contributed by atoms with E-state index in [1.54, 1.807) is 0 Å². The van der Waals surface area contributed by atoms with Crippen molar-refractivity contribution in [2.75, 3.05) is 6.61 Å². The van der Waals surface area contributed by atoms with Gasteiger partial charge >= 0.3 is 5.97 Å². The normalized spacial score (nSPS) is 16.6. The van der Waals surface area contributed by atoms with Gasteiger partial charge in [0.15, 0.2) is 5.41 Å². The fraction of sp³-hybridized carbons (Fsp3) is 0.235. The van der Waals surface area contributed by atoms with E-state index in [1.807, 2.05) is 62.4 Å². The molecular formula is C17H16O2. The fourth-order valence-electron chi connectivity index (χ4n) is 2.52. The van der Waals surface area contributed by atoms with Crippen molar-refractivity contribution in [1.29, 1.82) is 0 Å². The van der Waals surface area contributed by atoms with Gasteiger partial charge in [0.05, 0.1) is 0 Å². The van der Waals surface area contributed by atoms with Crippen LogP contribution in [0.3, 0.4) is 0 Å². The molecule has 0 amide bonds. The Morgan fingerprint density at radius 1 is 0.842 bits per heavy atom. The average Bonchev–Trinajstić information content (AvgIpc) is 2.42. The van der Waals surface area contributed by atoms with Crippen LogP contribution in [0.2, 0.25) is 0 Å². The van der Waals surface area contributed by atoms with E-state index >= 15 is 0 Å². The number of hydrogen-bond donors (Lipinski definition) is 0. The van der Waals surface area contributed by atoms with Crippen LogP contribution in [0.15, 0.2) is 48.5 Å². The van der Waals surface area contributed by atoms with Gasteiger partial charge in [0.25, 0.3) is 0 Å². The number of hydrogen-bond acceptors (Lipinski definition) is 2. The summed E-state index contributed by atoms with van der Waals surface area (Å²) in [6.07, 6.45) is 0. The monoisotopic (exact) mass is 252 g/mol. The van der Waals surface area contributed by atoms with E-state index in [0.717, 1.165) is 11.1 Å². The zero-order valence-corrected chi connectivity index (χ0v) is 11.1. The third-order valence-electron chi connectivity index (χ3n) is 3.86. The summed E-state index contributed by atoms with van der Waals surface area (Å²) in [7, 11) is 0. The van der Waals surface area contributed by atoms with E-state index in [2.05, 4.69) is 0 Å². The van der Waals surface area contributed by atoms with E-state index in [9.17, 15) is 4.79 Å². The minimum Gasteiger partial charge on any atom is -0.463 e. The first-order valence-corrected chi connectivity index (χ1v) is 6.44. The first-order chi connectivity index (χ1) is 9.13. The number of esters is 1. The van der Waals surface area contributed by atoms with Crippen LogP contribution in [0.1, 0.15) is 22.3 Å². The maximum absolute atomic E-state index is 12.1.